The van der Waals surface area contributed by atoms with Gasteiger partial charge < -0.3 is 4.90 Å². The van der Waals surface area contributed by atoms with Crippen LogP contribution in [0.25, 0.3) is 66.4 Å². The van der Waals surface area contributed by atoms with Crippen LogP contribution in [0.1, 0.15) is 48.9 Å². The van der Waals surface area contributed by atoms with E-state index in [0.29, 0.717) is 0 Å². The molecule has 0 unspecified atom stereocenters. The van der Waals surface area contributed by atoms with E-state index in [2.05, 4.69) is 219 Å². The second kappa shape index (κ2) is 14.7. The zero-order valence-electron chi connectivity index (χ0n) is 34.3. The number of anilines is 3. The summed E-state index contributed by atoms with van der Waals surface area (Å²) in [6.07, 6.45) is 4.87. The summed E-state index contributed by atoms with van der Waals surface area (Å²) in [6, 6.07) is 74.5. The van der Waals surface area contributed by atoms with Crippen molar-refractivity contribution in [1.29, 1.82) is 0 Å². The van der Waals surface area contributed by atoms with Gasteiger partial charge in [-0.3, -0.25) is 0 Å². The highest BCUT2D eigenvalue weighted by Gasteiger charge is 2.37. The lowest BCUT2D eigenvalue weighted by Gasteiger charge is -2.30. The van der Waals surface area contributed by atoms with E-state index in [1.54, 1.807) is 0 Å². The second-order valence-electron chi connectivity index (χ2n) is 17.1. The third kappa shape index (κ3) is 5.99. The van der Waals surface area contributed by atoms with E-state index in [1.807, 2.05) is 0 Å². The summed E-state index contributed by atoms with van der Waals surface area (Å²) < 4.78 is 0. The molecule has 1 heteroatoms. The molecular weight excluding hydrogens is 723 g/mol. The molecule has 2 aliphatic carbocycles. The molecule has 11 rings (SSSR count). The van der Waals surface area contributed by atoms with Gasteiger partial charge in [-0.1, -0.05) is 184 Å². The summed E-state index contributed by atoms with van der Waals surface area (Å²) in [4.78, 5) is 2.51. The largest absolute Gasteiger partial charge is 0.310 e. The molecule has 0 bridgehead atoms. The highest BCUT2D eigenvalue weighted by Crippen LogP contribution is 2.54. The summed E-state index contributed by atoms with van der Waals surface area (Å²) in [5.74, 6) is 0. The molecule has 0 amide bonds. The van der Waals surface area contributed by atoms with Crippen molar-refractivity contribution in [3.05, 3.63) is 222 Å². The van der Waals surface area contributed by atoms with Crippen molar-refractivity contribution in [2.45, 2.75) is 44.9 Å². The molecule has 288 valence electrons. The maximum absolute atomic E-state index is 2.51. The van der Waals surface area contributed by atoms with Crippen LogP contribution in [0.4, 0.5) is 17.1 Å². The Labute approximate surface area is 354 Å². The van der Waals surface area contributed by atoms with Gasteiger partial charge in [0.15, 0.2) is 0 Å². The molecule has 9 aromatic carbocycles. The standard InChI is InChI=1S/C59H47N/c1-59(2)54-29-16-28-50(41-17-5-3-6-18-41)58(54)52-38-36-46(39-55(52)59)60(45-34-31-44(32-35-45)48-27-15-23-40-21-9-11-24-47(40)48)56-30-14-13-26-53(56)57-49-25-12-10-22-43(49)33-37-51(57)42-19-7-4-8-20-42/h3-8,10,12-20,22-23,25-39H,9,11,21,24H2,1-2H3. The molecule has 60 heavy (non-hydrogen) atoms. The Kier molecular flexibility index (Phi) is 8.85. The highest BCUT2D eigenvalue weighted by atomic mass is 15.1. The van der Waals surface area contributed by atoms with Crippen LogP contribution in [-0.4, -0.2) is 0 Å². The number of hydrogen-bond donors (Lipinski definition) is 0. The predicted molar refractivity (Wildman–Crippen MR) is 255 cm³/mol. The zero-order valence-corrected chi connectivity index (χ0v) is 34.3. The van der Waals surface area contributed by atoms with Crippen molar-refractivity contribution < 1.29 is 0 Å². The van der Waals surface area contributed by atoms with Crippen LogP contribution in [0.3, 0.4) is 0 Å². The number of rotatable bonds is 7. The van der Waals surface area contributed by atoms with Crippen LogP contribution >= 0.6 is 0 Å². The minimum absolute atomic E-state index is 0.191. The Morgan fingerprint density at radius 2 is 1.00 bits per heavy atom. The van der Waals surface area contributed by atoms with E-state index >= 15 is 0 Å². The molecule has 0 fully saturated rings. The van der Waals surface area contributed by atoms with Crippen LogP contribution in [0.15, 0.2) is 200 Å². The lowest BCUT2D eigenvalue weighted by atomic mass is 9.81. The van der Waals surface area contributed by atoms with Crippen LogP contribution in [0.5, 0.6) is 0 Å². The number of para-hydroxylation sites is 1. The van der Waals surface area contributed by atoms with Crippen molar-refractivity contribution >= 4 is 27.8 Å². The summed E-state index contributed by atoms with van der Waals surface area (Å²) in [6.45, 7) is 4.79. The molecule has 9 aromatic rings. The molecule has 0 spiro atoms. The SMILES string of the molecule is CC1(C)c2cc(N(c3ccc(-c4cccc5c4CCCC5)cc3)c3ccccc3-c3c(-c4ccccc4)ccc4ccccc34)ccc2-c2c(-c3ccccc3)cccc21. The Balaban J connectivity index is 1.13. The minimum Gasteiger partial charge on any atom is -0.310 e. The highest BCUT2D eigenvalue weighted by molar-refractivity contribution is 6.08. The first-order chi connectivity index (χ1) is 29.5. The molecular formula is C59H47N. The van der Waals surface area contributed by atoms with Crippen LogP contribution < -0.4 is 4.90 Å². The number of benzene rings is 9. The summed E-state index contributed by atoms with van der Waals surface area (Å²) >= 11 is 0. The molecule has 0 heterocycles. The van der Waals surface area contributed by atoms with E-state index < -0.39 is 0 Å². The van der Waals surface area contributed by atoms with Gasteiger partial charge in [0.25, 0.3) is 0 Å². The molecule has 0 radical (unpaired) electrons. The Hall–Kier alpha value is -6.96. The number of hydrogen-bond acceptors (Lipinski definition) is 1. The van der Waals surface area contributed by atoms with Crippen LogP contribution in [0.2, 0.25) is 0 Å². The van der Waals surface area contributed by atoms with Gasteiger partial charge in [-0.2, -0.15) is 0 Å². The fourth-order valence-corrected chi connectivity index (χ4v) is 10.3. The second-order valence-corrected chi connectivity index (χ2v) is 17.1. The molecule has 0 N–H and O–H groups in total. The van der Waals surface area contributed by atoms with Gasteiger partial charge in [0.2, 0.25) is 0 Å². The van der Waals surface area contributed by atoms with Crippen LogP contribution in [-0.2, 0) is 18.3 Å². The Bertz CT molecular complexity index is 3050. The molecule has 0 aromatic heterocycles. The maximum Gasteiger partial charge on any atom is 0.0540 e. The normalized spacial score (nSPS) is 13.7. The van der Waals surface area contributed by atoms with Crippen LogP contribution in [0, 0.1) is 0 Å². The van der Waals surface area contributed by atoms with E-state index in [4.69, 9.17) is 0 Å². The van der Waals surface area contributed by atoms with Crippen molar-refractivity contribution in [2.24, 2.45) is 0 Å². The summed E-state index contributed by atoms with van der Waals surface area (Å²) in [7, 11) is 0. The third-order valence-electron chi connectivity index (χ3n) is 13.3. The first-order valence-corrected chi connectivity index (χ1v) is 21.6. The quantitative estimate of drug-likeness (QED) is 0.156. The zero-order chi connectivity index (χ0) is 40.2. The van der Waals surface area contributed by atoms with E-state index in [-0.39, 0.29) is 5.41 Å². The van der Waals surface area contributed by atoms with Gasteiger partial charge in [0.05, 0.1) is 5.69 Å². The number of aryl methyl sites for hydroxylation is 1. The summed E-state index contributed by atoms with van der Waals surface area (Å²) in [5, 5.41) is 2.48. The molecule has 0 saturated carbocycles. The van der Waals surface area contributed by atoms with Crippen molar-refractivity contribution in [2.75, 3.05) is 4.90 Å². The molecule has 1 nitrogen and oxygen atoms in total. The van der Waals surface area contributed by atoms with Crippen molar-refractivity contribution in [3.8, 4) is 55.6 Å². The lowest BCUT2D eigenvalue weighted by molar-refractivity contribution is 0.660. The molecule has 0 atom stereocenters. The van der Waals surface area contributed by atoms with E-state index in [1.165, 1.54) is 108 Å². The smallest absolute Gasteiger partial charge is 0.0540 e. The predicted octanol–water partition coefficient (Wildman–Crippen LogP) is 16.2. The fraction of sp³-hybridized carbons (Fsp3) is 0.119. The van der Waals surface area contributed by atoms with Gasteiger partial charge in [-0.05, 0) is 139 Å². The van der Waals surface area contributed by atoms with Gasteiger partial charge in [-0.15, -0.1) is 0 Å². The average molecular weight is 770 g/mol. The van der Waals surface area contributed by atoms with Gasteiger partial charge >= 0.3 is 0 Å². The van der Waals surface area contributed by atoms with E-state index in [9.17, 15) is 0 Å². The lowest BCUT2D eigenvalue weighted by Crippen LogP contribution is -2.17. The monoisotopic (exact) mass is 769 g/mol. The summed E-state index contributed by atoms with van der Waals surface area (Å²) in [5.41, 5.74) is 21.7. The Morgan fingerprint density at radius 3 is 1.80 bits per heavy atom. The molecule has 0 aliphatic heterocycles. The minimum atomic E-state index is -0.191. The van der Waals surface area contributed by atoms with Crippen molar-refractivity contribution in [3.63, 3.8) is 0 Å². The average Bonchev–Trinajstić information content (AvgIpc) is 3.55. The number of nitrogens with zero attached hydrogens (tertiary/aromatic N) is 1. The molecule has 0 saturated heterocycles. The Morgan fingerprint density at radius 1 is 0.400 bits per heavy atom. The fourth-order valence-electron chi connectivity index (χ4n) is 10.3. The molecule has 2 aliphatic rings. The van der Waals surface area contributed by atoms with Gasteiger partial charge in [0.1, 0.15) is 0 Å². The van der Waals surface area contributed by atoms with Crippen molar-refractivity contribution in [1.82, 2.24) is 0 Å². The first kappa shape index (κ1) is 36.1. The van der Waals surface area contributed by atoms with Gasteiger partial charge in [0, 0.05) is 22.4 Å². The number of fused-ring (bicyclic) bond motifs is 5. The van der Waals surface area contributed by atoms with Gasteiger partial charge in [-0.25, -0.2) is 0 Å². The third-order valence-corrected chi connectivity index (χ3v) is 13.3. The van der Waals surface area contributed by atoms with E-state index in [0.717, 1.165) is 23.5 Å². The maximum atomic E-state index is 2.51. The first-order valence-electron chi connectivity index (χ1n) is 21.6. The topological polar surface area (TPSA) is 3.24 Å².